The second kappa shape index (κ2) is 6.86. The fourth-order valence-corrected chi connectivity index (χ4v) is 4.24. The number of halogens is 4. The molecule has 22 heavy (non-hydrogen) atoms. The van der Waals surface area contributed by atoms with Gasteiger partial charge in [-0.25, -0.2) is 8.42 Å². The van der Waals surface area contributed by atoms with Crippen LogP contribution in [-0.4, -0.2) is 44.7 Å². The largest absolute Gasteiger partial charge is 0.402 e. The number of ether oxygens (including phenoxy) is 1. The minimum atomic E-state index is -4.60. The highest BCUT2D eigenvalue weighted by Gasteiger charge is 2.41. The minimum absolute atomic E-state index is 0.147. The zero-order valence-electron chi connectivity index (χ0n) is 11.5. The Morgan fingerprint density at radius 2 is 1.73 bits per heavy atom. The topological polar surface area (TPSA) is 46.6 Å². The Kier molecular flexibility index (Phi) is 5.52. The van der Waals surface area contributed by atoms with Gasteiger partial charge in [0.25, 0.3) is 0 Å². The minimum Gasteiger partial charge on any atom is -0.381 e. The molecular formula is C13H15BrF3NO3S. The van der Waals surface area contributed by atoms with Gasteiger partial charge in [0.05, 0.1) is 4.90 Å². The van der Waals surface area contributed by atoms with Gasteiger partial charge >= 0.3 is 6.18 Å². The van der Waals surface area contributed by atoms with Crippen LogP contribution in [0.2, 0.25) is 0 Å². The molecule has 0 bridgehead atoms. The van der Waals surface area contributed by atoms with E-state index in [1.807, 2.05) is 0 Å². The lowest BCUT2D eigenvalue weighted by Gasteiger charge is -2.33. The first-order chi connectivity index (χ1) is 10.2. The van der Waals surface area contributed by atoms with Gasteiger partial charge in [-0.15, -0.1) is 0 Å². The van der Waals surface area contributed by atoms with E-state index >= 15 is 0 Å². The lowest BCUT2D eigenvalue weighted by molar-refractivity contribution is -0.141. The predicted octanol–water partition coefficient (Wildman–Crippen LogP) is 3.18. The van der Waals surface area contributed by atoms with Gasteiger partial charge in [-0.05, 0) is 37.1 Å². The molecule has 0 aliphatic carbocycles. The molecule has 1 aromatic rings. The highest BCUT2D eigenvalue weighted by atomic mass is 79.9. The summed E-state index contributed by atoms with van der Waals surface area (Å²) in [4.78, 5) is -0.147. The lowest BCUT2D eigenvalue weighted by Crippen LogP contribution is -2.47. The van der Waals surface area contributed by atoms with Crippen LogP contribution < -0.4 is 0 Å². The Bertz CT molecular complexity index is 598. The molecule has 1 fully saturated rings. The smallest absolute Gasteiger partial charge is 0.381 e. The summed E-state index contributed by atoms with van der Waals surface area (Å²) < 4.78 is 70.0. The van der Waals surface area contributed by atoms with Crippen LogP contribution in [0.5, 0.6) is 0 Å². The summed E-state index contributed by atoms with van der Waals surface area (Å²) in [6.07, 6.45) is -4.08. The average Bonchev–Trinajstić information content (AvgIpc) is 2.45. The SMILES string of the molecule is O=S(=O)(c1ccc(Br)cc1)N(CC(F)(F)F)C1CCOCC1. The summed E-state index contributed by atoms with van der Waals surface area (Å²) in [5.41, 5.74) is 0. The summed E-state index contributed by atoms with van der Waals surface area (Å²) >= 11 is 3.17. The van der Waals surface area contributed by atoms with E-state index in [0.717, 1.165) is 0 Å². The molecule has 0 spiro atoms. The van der Waals surface area contributed by atoms with Crippen molar-refractivity contribution in [1.29, 1.82) is 0 Å². The molecular weight excluding hydrogens is 387 g/mol. The molecule has 1 aromatic carbocycles. The van der Waals surface area contributed by atoms with Crippen LogP contribution in [0, 0.1) is 0 Å². The molecule has 1 aliphatic rings. The first kappa shape index (κ1) is 17.7. The van der Waals surface area contributed by atoms with E-state index in [-0.39, 0.29) is 31.0 Å². The molecule has 0 unspecified atom stereocenters. The molecule has 0 N–H and O–H groups in total. The van der Waals surface area contributed by atoms with Gasteiger partial charge in [0.2, 0.25) is 10.0 Å². The van der Waals surface area contributed by atoms with Crippen molar-refractivity contribution in [2.45, 2.75) is 30.0 Å². The maximum Gasteiger partial charge on any atom is 0.402 e. The van der Waals surface area contributed by atoms with Crippen LogP contribution in [-0.2, 0) is 14.8 Å². The lowest BCUT2D eigenvalue weighted by atomic mass is 10.1. The number of alkyl halides is 3. The maximum absolute atomic E-state index is 12.8. The predicted molar refractivity (Wildman–Crippen MR) is 77.9 cm³/mol. The summed E-state index contributed by atoms with van der Waals surface area (Å²) in [6.45, 7) is -0.972. The van der Waals surface area contributed by atoms with Crippen LogP contribution >= 0.6 is 15.9 Å². The number of nitrogens with zero attached hydrogens (tertiary/aromatic N) is 1. The second-order valence-corrected chi connectivity index (χ2v) is 7.77. The molecule has 1 heterocycles. The van der Waals surface area contributed by atoms with Crippen LogP contribution in [0.3, 0.4) is 0 Å². The molecule has 9 heteroatoms. The van der Waals surface area contributed by atoms with E-state index in [9.17, 15) is 21.6 Å². The van der Waals surface area contributed by atoms with Crippen LogP contribution in [0.15, 0.2) is 33.6 Å². The Labute approximate surface area is 135 Å². The van der Waals surface area contributed by atoms with Gasteiger partial charge in [-0.3, -0.25) is 0 Å². The molecule has 0 radical (unpaired) electrons. The van der Waals surface area contributed by atoms with Gasteiger partial charge in [-0.1, -0.05) is 15.9 Å². The van der Waals surface area contributed by atoms with Crippen LogP contribution in [0.1, 0.15) is 12.8 Å². The van der Waals surface area contributed by atoms with Gasteiger partial charge in [0.1, 0.15) is 6.54 Å². The zero-order valence-corrected chi connectivity index (χ0v) is 13.9. The van der Waals surface area contributed by atoms with Crippen LogP contribution in [0.25, 0.3) is 0 Å². The number of sulfonamides is 1. The number of rotatable bonds is 4. The molecule has 0 amide bonds. The quantitative estimate of drug-likeness (QED) is 0.778. The molecule has 1 saturated heterocycles. The van der Waals surface area contributed by atoms with E-state index in [1.165, 1.54) is 24.3 Å². The molecule has 2 rings (SSSR count). The molecule has 124 valence electrons. The first-order valence-electron chi connectivity index (χ1n) is 6.62. The van der Waals surface area contributed by atoms with Gasteiger partial charge in [-0.2, -0.15) is 17.5 Å². The van der Waals surface area contributed by atoms with E-state index < -0.39 is 28.8 Å². The van der Waals surface area contributed by atoms with E-state index in [0.29, 0.717) is 8.78 Å². The van der Waals surface area contributed by atoms with Gasteiger partial charge in [0.15, 0.2) is 0 Å². The molecule has 1 aliphatic heterocycles. The third-order valence-corrected chi connectivity index (χ3v) is 5.79. The maximum atomic E-state index is 12.8. The van der Waals surface area contributed by atoms with E-state index in [2.05, 4.69) is 15.9 Å². The third kappa shape index (κ3) is 4.43. The van der Waals surface area contributed by atoms with E-state index in [1.54, 1.807) is 0 Å². The van der Waals surface area contributed by atoms with E-state index in [4.69, 9.17) is 4.74 Å². The van der Waals surface area contributed by atoms with Crippen LogP contribution in [0.4, 0.5) is 13.2 Å². The summed E-state index contributed by atoms with van der Waals surface area (Å²) in [5, 5.41) is 0. The van der Waals surface area contributed by atoms with Crippen molar-refractivity contribution < 1.29 is 26.3 Å². The van der Waals surface area contributed by atoms with Gasteiger partial charge in [0, 0.05) is 23.7 Å². The number of hydrogen-bond donors (Lipinski definition) is 0. The Hall–Kier alpha value is -0.640. The molecule has 0 atom stereocenters. The van der Waals surface area contributed by atoms with Crippen molar-refractivity contribution in [3.63, 3.8) is 0 Å². The molecule has 4 nitrogen and oxygen atoms in total. The highest BCUT2D eigenvalue weighted by Crippen LogP contribution is 2.28. The monoisotopic (exact) mass is 401 g/mol. The number of hydrogen-bond acceptors (Lipinski definition) is 3. The summed E-state index contributed by atoms with van der Waals surface area (Å²) in [6, 6.07) is 4.86. The van der Waals surface area contributed by atoms with Crippen molar-refractivity contribution in [3.8, 4) is 0 Å². The van der Waals surface area contributed by atoms with Crippen molar-refractivity contribution in [2.24, 2.45) is 0 Å². The number of benzene rings is 1. The van der Waals surface area contributed by atoms with Crippen molar-refractivity contribution >= 4 is 26.0 Å². The van der Waals surface area contributed by atoms with Crippen molar-refractivity contribution in [1.82, 2.24) is 4.31 Å². The average molecular weight is 402 g/mol. The summed E-state index contributed by atoms with van der Waals surface area (Å²) in [7, 11) is -4.21. The Morgan fingerprint density at radius 3 is 2.23 bits per heavy atom. The second-order valence-electron chi connectivity index (χ2n) is 4.96. The molecule has 0 saturated carbocycles. The van der Waals surface area contributed by atoms with Crippen molar-refractivity contribution in [2.75, 3.05) is 19.8 Å². The molecule has 0 aromatic heterocycles. The highest BCUT2D eigenvalue weighted by molar-refractivity contribution is 9.10. The zero-order chi connectivity index (χ0) is 16.4. The first-order valence-corrected chi connectivity index (χ1v) is 8.85. The fraction of sp³-hybridized carbons (Fsp3) is 0.538. The fourth-order valence-electron chi connectivity index (χ4n) is 2.30. The Balaban J connectivity index is 2.35. The third-order valence-electron chi connectivity index (χ3n) is 3.35. The Morgan fingerprint density at radius 1 is 1.18 bits per heavy atom. The van der Waals surface area contributed by atoms with Crippen molar-refractivity contribution in [3.05, 3.63) is 28.7 Å². The normalized spacial score (nSPS) is 17.9. The summed E-state index contributed by atoms with van der Waals surface area (Å²) in [5.74, 6) is 0. The van der Waals surface area contributed by atoms with Gasteiger partial charge < -0.3 is 4.74 Å². The standard InChI is InChI=1S/C13H15BrF3NO3S/c14-10-1-3-12(4-2-10)22(19,20)18(9-13(15,16)17)11-5-7-21-8-6-11/h1-4,11H,5-9H2.